The Morgan fingerprint density at radius 1 is 1.39 bits per heavy atom. The largest absolute Gasteiger partial charge is 0.349 e. The van der Waals surface area contributed by atoms with Gasteiger partial charge in [0.2, 0.25) is 0 Å². The van der Waals surface area contributed by atoms with Crippen LogP contribution in [0.3, 0.4) is 0 Å². The highest BCUT2D eigenvalue weighted by Gasteiger charge is 2.20. The van der Waals surface area contributed by atoms with Crippen molar-refractivity contribution < 1.29 is 4.79 Å². The fraction of sp³-hybridized carbons (Fsp3) is 0.462. The Bertz CT molecular complexity index is 394. The van der Waals surface area contributed by atoms with Crippen molar-refractivity contribution in [1.82, 2.24) is 10.6 Å². The summed E-state index contributed by atoms with van der Waals surface area (Å²) in [6.45, 7) is 3.10. The molecule has 1 aromatic rings. The summed E-state index contributed by atoms with van der Waals surface area (Å²) < 4.78 is 0. The number of piperidine rings is 1. The second-order valence-electron chi connectivity index (χ2n) is 4.56. The maximum absolute atomic E-state index is 12.0. The number of amides is 1. The van der Waals surface area contributed by atoms with E-state index >= 15 is 0 Å². The summed E-state index contributed by atoms with van der Waals surface area (Å²) in [5, 5.41) is 7.08. The van der Waals surface area contributed by atoms with Gasteiger partial charge in [0.05, 0.1) is 0 Å². The van der Waals surface area contributed by atoms with E-state index in [1.807, 2.05) is 0 Å². The van der Waals surface area contributed by atoms with Crippen molar-refractivity contribution in [3.8, 4) is 0 Å². The first-order valence-corrected chi connectivity index (χ1v) is 6.33. The van der Waals surface area contributed by atoms with Crippen LogP contribution < -0.4 is 10.6 Å². The Labute approximate surface area is 119 Å². The molecule has 0 radical (unpaired) electrons. The minimum atomic E-state index is -0.0132. The maximum atomic E-state index is 12.0. The van der Waals surface area contributed by atoms with Crippen LogP contribution in [0, 0.1) is 0 Å². The van der Waals surface area contributed by atoms with E-state index in [1.165, 1.54) is 0 Å². The van der Waals surface area contributed by atoms with Gasteiger partial charge < -0.3 is 10.6 Å². The molecule has 3 nitrogen and oxygen atoms in total. The summed E-state index contributed by atoms with van der Waals surface area (Å²) in [6.07, 6.45) is 1.98. The molecule has 1 amide bonds. The number of hydrogen-bond donors (Lipinski definition) is 2. The number of carbonyl (C=O) groups excluding carboxylic acids is 1. The van der Waals surface area contributed by atoms with Gasteiger partial charge in [0.15, 0.2) is 0 Å². The Balaban J connectivity index is 0.00000162. The zero-order valence-corrected chi connectivity index (χ0v) is 11.9. The van der Waals surface area contributed by atoms with E-state index in [4.69, 9.17) is 11.6 Å². The van der Waals surface area contributed by atoms with Crippen LogP contribution >= 0.6 is 24.0 Å². The zero-order chi connectivity index (χ0) is 12.3. The van der Waals surface area contributed by atoms with Gasteiger partial charge in [-0.1, -0.05) is 11.6 Å². The van der Waals surface area contributed by atoms with Crippen molar-refractivity contribution in [3.63, 3.8) is 0 Å². The van der Waals surface area contributed by atoms with Gasteiger partial charge in [-0.3, -0.25) is 4.79 Å². The number of hydrogen-bond acceptors (Lipinski definition) is 2. The van der Waals surface area contributed by atoms with Crippen LogP contribution in [0.5, 0.6) is 0 Å². The lowest BCUT2D eigenvalue weighted by molar-refractivity contribution is 0.0925. The molecule has 0 aliphatic carbocycles. The summed E-state index contributed by atoms with van der Waals surface area (Å²) >= 11 is 5.79. The second-order valence-corrected chi connectivity index (χ2v) is 4.99. The molecule has 0 saturated carbocycles. The summed E-state index contributed by atoms with van der Waals surface area (Å²) in [5.74, 6) is -0.0132. The first-order chi connectivity index (χ1) is 8.15. The van der Waals surface area contributed by atoms with Crippen LogP contribution in [0.25, 0.3) is 0 Å². The molecule has 5 heteroatoms. The highest BCUT2D eigenvalue weighted by molar-refractivity contribution is 6.30. The van der Waals surface area contributed by atoms with E-state index < -0.39 is 0 Å². The molecule has 1 aliphatic rings. The van der Waals surface area contributed by atoms with Crippen LogP contribution in [0.4, 0.5) is 0 Å². The van der Waals surface area contributed by atoms with E-state index in [0.717, 1.165) is 19.4 Å². The van der Waals surface area contributed by atoms with Crippen LogP contribution in [-0.2, 0) is 0 Å². The van der Waals surface area contributed by atoms with Gasteiger partial charge >= 0.3 is 0 Å². The van der Waals surface area contributed by atoms with Crippen molar-refractivity contribution in [2.45, 2.75) is 31.8 Å². The van der Waals surface area contributed by atoms with Crippen LogP contribution in [-0.4, -0.2) is 24.5 Å². The van der Waals surface area contributed by atoms with E-state index in [0.29, 0.717) is 16.6 Å². The molecule has 1 heterocycles. The van der Waals surface area contributed by atoms with Crippen LogP contribution in [0.1, 0.15) is 30.1 Å². The fourth-order valence-electron chi connectivity index (χ4n) is 2.13. The molecule has 1 saturated heterocycles. The maximum Gasteiger partial charge on any atom is 0.251 e. The zero-order valence-electron chi connectivity index (χ0n) is 10.3. The molecule has 2 N–H and O–H groups in total. The van der Waals surface area contributed by atoms with Gasteiger partial charge in [-0.05, 0) is 50.6 Å². The smallest absolute Gasteiger partial charge is 0.251 e. The number of carbonyl (C=O) groups is 1. The van der Waals surface area contributed by atoms with Gasteiger partial charge in [0.1, 0.15) is 0 Å². The topological polar surface area (TPSA) is 41.1 Å². The molecular formula is C13H18Cl2N2O. The summed E-state index contributed by atoms with van der Waals surface area (Å²) in [5.41, 5.74) is 0.667. The molecule has 0 bridgehead atoms. The molecule has 0 aromatic heterocycles. The number of nitrogens with one attached hydrogen (secondary N) is 2. The van der Waals surface area contributed by atoms with Gasteiger partial charge in [0, 0.05) is 22.7 Å². The number of rotatable bonds is 2. The normalized spacial score (nSPS) is 23.0. The molecule has 18 heavy (non-hydrogen) atoms. The average Bonchev–Trinajstić information content (AvgIpc) is 2.29. The fourth-order valence-corrected chi connectivity index (χ4v) is 2.26. The minimum absolute atomic E-state index is 0. The number of benzene rings is 1. The highest BCUT2D eigenvalue weighted by Crippen LogP contribution is 2.12. The Hall–Kier alpha value is -0.770. The van der Waals surface area contributed by atoms with Crippen molar-refractivity contribution in [2.75, 3.05) is 6.54 Å². The Morgan fingerprint density at radius 3 is 2.67 bits per heavy atom. The van der Waals surface area contributed by atoms with Crippen LogP contribution in [0.2, 0.25) is 5.02 Å². The molecule has 2 unspecified atom stereocenters. The van der Waals surface area contributed by atoms with E-state index in [2.05, 4.69) is 17.6 Å². The van der Waals surface area contributed by atoms with Crippen molar-refractivity contribution in [2.24, 2.45) is 0 Å². The lowest BCUT2D eigenvalue weighted by atomic mass is 10.0. The lowest BCUT2D eigenvalue weighted by Gasteiger charge is -2.28. The molecule has 1 fully saturated rings. The third-order valence-electron chi connectivity index (χ3n) is 3.07. The predicted octanol–water partition coefficient (Wildman–Crippen LogP) is 2.63. The quantitative estimate of drug-likeness (QED) is 0.878. The van der Waals surface area contributed by atoms with Gasteiger partial charge in [0.25, 0.3) is 5.91 Å². The third kappa shape index (κ3) is 4.16. The molecular weight excluding hydrogens is 271 g/mol. The van der Waals surface area contributed by atoms with Gasteiger partial charge in [-0.25, -0.2) is 0 Å². The Morgan fingerprint density at radius 2 is 2.06 bits per heavy atom. The molecule has 1 aromatic carbocycles. The summed E-state index contributed by atoms with van der Waals surface area (Å²) in [4.78, 5) is 12.0. The number of halogens is 2. The standard InChI is InChI=1S/C13H17ClN2O.ClH/c1-9-8-12(6-7-15-9)16-13(17)10-2-4-11(14)5-3-10;/h2-5,9,12,15H,6-8H2,1H3,(H,16,17);1H. The molecule has 2 rings (SSSR count). The minimum Gasteiger partial charge on any atom is -0.349 e. The van der Waals surface area contributed by atoms with E-state index in [-0.39, 0.29) is 24.4 Å². The molecule has 0 spiro atoms. The van der Waals surface area contributed by atoms with Crippen molar-refractivity contribution in [3.05, 3.63) is 34.9 Å². The predicted molar refractivity (Wildman–Crippen MR) is 76.7 cm³/mol. The SMILES string of the molecule is CC1CC(NC(=O)c2ccc(Cl)cc2)CCN1.Cl. The van der Waals surface area contributed by atoms with Crippen molar-refractivity contribution >= 4 is 29.9 Å². The highest BCUT2D eigenvalue weighted by atomic mass is 35.5. The molecule has 100 valence electrons. The summed E-state index contributed by atoms with van der Waals surface area (Å²) in [7, 11) is 0. The van der Waals surface area contributed by atoms with E-state index in [9.17, 15) is 4.79 Å². The third-order valence-corrected chi connectivity index (χ3v) is 3.32. The first kappa shape index (κ1) is 15.3. The van der Waals surface area contributed by atoms with Gasteiger partial charge in [-0.15, -0.1) is 12.4 Å². The van der Waals surface area contributed by atoms with Crippen molar-refractivity contribution in [1.29, 1.82) is 0 Å². The summed E-state index contributed by atoms with van der Waals surface area (Å²) in [6, 6.07) is 7.72. The lowest BCUT2D eigenvalue weighted by Crippen LogP contribution is -2.46. The second kappa shape index (κ2) is 6.98. The van der Waals surface area contributed by atoms with Gasteiger partial charge in [-0.2, -0.15) is 0 Å². The van der Waals surface area contributed by atoms with Crippen LogP contribution in [0.15, 0.2) is 24.3 Å². The first-order valence-electron chi connectivity index (χ1n) is 5.95. The average molecular weight is 289 g/mol. The molecule has 1 aliphatic heterocycles. The monoisotopic (exact) mass is 288 g/mol. The van der Waals surface area contributed by atoms with E-state index in [1.54, 1.807) is 24.3 Å². The molecule has 2 atom stereocenters. The Kier molecular flexibility index (Phi) is 5.93.